The van der Waals surface area contributed by atoms with E-state index in [2.05, 4.69) is 24.0 Å². The molecule has 32 heavy (non-hydrogen) atoms. The van der Waals surface area contributed by atoms with Crippen molar-refractivity contribution in [1.82, 2.24) is 15.0 Å². The van der Waals surface area contributed by atoms with Gasteiger partial charge < -0.3 is 14.2 Å². The van der Waals surface area contributed by atoms with Crippen LogP contribution < -0.4 is 0 Å². The van der Waals surface area contributed by atoms with Crippen molar-refractivity contribution < 1.29 is 18.8 Å². The van der Waals surface area contributed by atoms with E-state index in [4.69, 9.17) is 20.9 Å². The Morgan fingerprint density at radius 1 is 1.09 bits per heavy atom. The van der Waals surface area contributed by atoms with Crippen LogP contribution in [0.3, 0.4) is 0 Å². The number of methoxy groups -OCH3 is 1. The van der Waals surface area contributed by atoms with Gasteiger partial charge >= 0.3 is 5.97 Å². The zero-order chi connectivity index (χ0) is 23.1. The molecule has 7 nitrogen and oxygen atoms in total. The molecule has 0 fully saturated rings. The molecule has 0 unspecified atom stereocenters. The smallest absolute Gasteiger partial charge is 0.325 e. The molecule has 0 aliphatic rings. The van der Waals surface area contributed by atoms with E-state index < -0.39 is 5.97 Å². The number of carbonyl (C=O) groups excluding carboxylic acids is 2. The zero-order valence-electron chi connectivity index (χ0n) is 18.4. The Labute approximate surface area is 192 Å². The summed E-state index contributed by atoms with van der Waals surface area (Å²) in [6.45, 7) is 4.39. The van der Waals surface area contributed by atoms with E-state index in [1.807, 2.05) is 36.4 Å². The Hall–Kier alpha value is -3.19. The van der Waals surface area contributed by atoms with Crippen molar-refractivity contribution in [3.63, 3.8) is 0 Å². The van der Waals surface area contributed by atoms with Crippen LogP contribution in [0.15, 0.2) is 53.1 Å². The zero-order valence-corrected chi connectivity index (χ0v) is 19.1. The normalized spacial score (nSPS) is 10.9. The molecule has 0 aliphatic heterocycles. The van der Waals surface area contributed by atoms with Gasteiger partial charge in [0.15, 0.2) is 0 Å². The second-order valence-electron chi connectivity index (χ2n) is 7.74. The molecule has 3 aromatic rings. The van der Waals surface area contributed by atoms with Gasteiger partial charge in [-0.25, -0.2) is 0 Å². The highest BCUT2D eigenvalue weighted by Gasteiger charge is 2.19. The number of rotatable bonds is 9. The first-order valence-corrected chi connectivity index (χ1v) is 10.8. The van der Waals surface area contributed by atoms with Gasteiger partial charge in [-0.2, -0.15) is 4.98 Å². The maximum Gasteiger partial charge on any atom is 0.325 e. The van der Waals surface area contributed by atoms with Crippen molar-refractivity contribution in [1.29, 1.82) is 0 Å². The Balaban J connectivity index is 1.63. The maximum absolute atomic E-state index is 12.8. The molecule has 0 aliphatic carbocycles. The van der Waals surface area contributed by atoms with E-state index in [0.29, 0.717) is 22.7 Å². The summed E-state index contributed by atoms with van der Waals surface area (Å²) in [5.41, 5.74) is 2.94. The molecule has 0 spiro atoms. The minimum Gasteiger partial charge on any atom is -0.468 e. The summed E-state index contributed by atoms with van der Waals surface area (Å²) in [5, 5.41) is 4.63. The summed E-state index contributed by atoms with van der Waals surface area (Å²) in [7, 11) is 1.29. The highest BCUT2D eigenvalue weighted by Crippen LogP contribution is 2.21. The van der Waals surface area contributed by atoms with E-state index in [0.717, 1.165) is 11.1 Å². The Bertz CT molecular complexity index is 1050. The minimum absolute atomic E-state index is 0.124. The van der Waals surface area contributed by atoms with E-state index in [-0.39, 0.29) is 31.8 Å². The van der Waals surface area contributed by atoms with Crippen molar-refractivity contribution in [3.8, 4) is 11.4 Å². The van der Waals surface area contributed by atoms with Crippen LogP contribution in [0.4, 0.5) is 0 Å². The fourth-order valence-electron chi connectivity index (χ4n) is 3.13. The second-order valence-corrected chi connectivity index (χ2v) is 8.18. The number of aromatic nitrogens is 2. The number of esters is 1. The van der Waals surface area contributed by atoms with Crippen LogP contribution in [0.5, 0.6) is 0 Å². The number of ether oxygens (including phenoxy) is 1. The first-order valence-electron chi connectivity index (χ1n) is 10.4. The molecule has 0 radical (unpaired) electrons. The Kier molecular flexibility index (Phi) is 8.00. The predicted molar refractivity (Wildman–Crippen MR) is 121 cm³/mol. The van der Waals surface area contributed by atoms with Crippen LogP contribution in [0.25, 0.3) is 11.4 Å². The molecule has 0 saturated carbocycles. The van der Waals surface area contributed by atoms with Gasteiger partial charge in [-0.15, -0.1) is 0 Å². The van der Waals surface area contributed by atoms with Crippen molar-refractivity contribution in [2.75, 3.05) is 13.7 Å². The number of halogens is 1. The number of benzene rings is 2. The molecule has 3 rings (SSSR count). The van der Waals surface area contributed by atoms with Gasteiger partial charge in [-0.3, -0.25) is 9.59 Å². The highest BCUT2D eigenvalue weighted by molar-refractivity contribution is 6.30. The van der Waals surface area contributed by atoms with E-state index in [1.54, 1.807) is 12.1 Å². The van der Waals surface area contributed by atoms with Crippen LogP contribution in [0.2, 0.25) is 5.02 Å². The lowest BCUT2D eigenvalue weighted by Gasteiger charge is -2.21. The van der Waals surface area contributed by atoms with Gasteiger partial charge in [0.25, 0.3) is 0 Å². The minimum atomic E-state index is -0.489. The molecule has 0 saturated heterocycles. The number of nitrogens with zero attached hydrogens (tertiary/aromatic N) is 3. The summed E-state index contributed by atoms with van der Waals surface area (Å²) < 4.78 is 10.1. The summed E-state index contributed by atoms with van der Waals surface area (Å²) in [6, 6.07) is 15.1. The molecule has 1 amide bonds. The number of hydrogen-bond acceptors (Lipinski definition) is 6. The quantitative estimate of drug-likeness (QED) is 0.436. The van der Waals surface area contributed by atoms with Crippen LogP contribution in [-0.4, -0.2) is 40.6 Å². The van der Waals surface area contributed by atoms with Crippen molar-refractivity contribution in [2.24, 2.45) is 0 Å². The third kappa shape index (κ3) is 6.40. The molecule has 0 bridgehead atoms. The monoisotopic (exact) mass is 455 g/mol. The number of carbonyl (C=O) groups is 2. The summed E-state index contributed by atoms with van der Waals surface area (Å²) in [4.78, 5) is 30.5. The number of hydrogen-bond donors (Lipinski definition) is 0. The van der Waals surface area contributed by atoms with Crippen molar-refractivity contribution in [2.45, 2.75) is 39.2 Å². The lowest BCUT2D eigenvalue weighted by Crippen LogP contribution is -2.35. The molecule has 0 atom stereocenters. The van der Waals surface area contributed by atoms with E-state index in [9.17, 15) is 9.59 Å². The predicted octanol–water partition coefficient (Wildman–Crippen LogP) is 4.65. The number of amides is 1. The molecular weight excluding hydrogens is 430 g/mol. The van der Waals surface area contributed by atoms with Gasteiger partial charge in [0.1, 0.15) is 6.54 Å². The first kappa shape index (κ1) is 23.5. The second kappa shape index (κ2) is 10.9. The lowest BCUT2D eigenvalue weighted by molar-refractivity contribution is -0.147. The van der Waals surface area contributed by atoms with E-state index in [1.165, 1.54) is 17.6 Å². The lowest BCUT2D eigenvalue weighted by atomic mass is 10.0. The number of aryl methyl sites for hydroxylation is 1. The molecule has 2 aromatic carbocycles. The average Bonchev–Trinajstić information content (AvgIpc) is 3.27. The standard InChI is InChI=1S/C24H26ClN3O4/c1-16(2)18-6-8-19(9-7-18)24-26-21(32-27-24)12-13-22(29)28(15-23(30)31-3)14-17-4-10-20(25)11-5-17/h4-11,16H,12-15H2,1-3H3. The van der Waals surface area contributed by atoms with Crippen molar-refractivity contribution in [3.05, 3.63) is 70.6 Å². The van der Waals surface area contributed by atoms with Gasteiger partial charge in [0.05, 0.1) is 7.11 Å². The fraction of sp³-hybridized carbons (Fsp3) is 0.333. The molecule has 1 aromatic heterocycles. The van der Waals surface area contributed by atoms with Crippen LogP contribution in [-0.2, 0) is 27.3 Å². The first-order chi connectivity index (χ1) is 15.4. The highest BCUT2D eigenvalue weighted by atomic mass is 35.5. The largest absolute Gasteiger partial charge is 0.468 e. The fourth-order valence-corrected chi connectivity index (χ4v) is 3.25. The topological polar surface area (TPSA) is 85.5 Å². The summed E-state index contributed by atoms with van der Waals surface area (Å²) in [6.07, 6.45) is 0.396. The third-order valence-corrected chi connectivity index (χ3v) is 5.30. The Morgan fingerprint density at radius 2 is 1.78 bits per heavy atom. The average molecular weight is 456 g/mol. The third-order valence-electron chi connectivity index (χ3n) is 5.04. The molecule has 1 heterocycles. The van der Waals surface area contributed by atoms with Gasteiger partial charge in [-0.1, -0.05) is 67.0 Å². The van der Waals surface area contributed by atoms with Crippen LogP contribution in [0.1, 0.15) is 43.2 Å². The van der Waals surface area contributed by atoms with Crippen LogP contribution in [0, 0.1) is 0 Å². The molecule has 0 N–H and O–H groups in total. The maximum atomic E-state index is 12.8. The van der Waals surface area contributed by atoms with Gasteiger partial charge in [-0.05, 0) is 29.2 Å². The van der Waals surface area contributed by atoms with Crippen molar-refractivity contribution >= 4 is 23.5 Å². The van der Waals surface area contributed by atoms with Crippen LogP contribution >= 0.6 is 11.6 Å². The molecule has 8 heteroatoms. The van der Waals surface area contributed by atoms with Gasteiger partial charge in [0.2, 0.25) is 17.6 Å². The van der Waals surface area contributed by atoms with Gasteiger partial charge in [0, 0.05) is 30.0 Å². The molecular formula is C24H26ClN3O4. The Morgan fingerprint density at radius 3 is 2.41 bits per heavy atom. The summed E-state index contributed by atoms with van der Waals surface area (Å²) >= 11 is 5.92. The van der Waals surface area contributed by atoms with E-state index >= 15 is 0 Å². The molecule has 168 valence electrons. The SMILES string of the molecule is COC(=O)CN(Cc1ccc(Cl)cc1)C(=O)CCc1nc(-c2ccc(C(C)C)cc2)no1. The summed E-state index contributed by atoms with van der Waals surface area (Å²) in [5.74, 6) is 0.585.